The molecule has 110 valence electrons. The van der Waals surface area contributed by atoms with Gasteiger partial charge in [0.25, 0.3) is 0 Å². The minimum absolute atomic E-state index is 0.0280. The molecule has 3 N–H and O–H groups in total. The highest BCUT2D eigenvalue weighted by atomic mass is 35.5. The molecule has 0 spiro atoms. The van der Waals surface area contributed by atoms with E-state index < -0.39 is 11.7 Å². The molecule has 0 saturated heterocycles. The Labute approximate surface area is 128 Å². The molecule has 0 aliphatic carbocycles. The number of benzene rings is 2. The van der Waals surface area contributed by atoms with Crippen molar-refractivity contribution in [1.82, 2.24) is 0 Å². The fraction of sp³-hybridized carbons (Fsp3) is 0.0714. The second kappa shape index (κ2) is 5.58. The summed E-state index contributed by atoms with van der Waals surface area (Å²) in [5, 5.41) is 8.62. The van der Waals surface area contributed by atoms with Crippen molar-refractivity contribution in [1.29, 1.82) is 5.41 Å². The average Bonchev–Trinajstić information content (AvgIpc) is 2.40. The van der Waals surface area contributed by atoms with Crippen LogP contribution in [0.1, 0.15) is 16.7 Å². The molecule has 0 aliphatic rings. The molecule has 0 amide bonds. The second-order valence-corrected chi connectivity index (χ2v) is 5.12. The lowest BCUT2D eigenvalue weighted by Gasteiger charge is -2.12. The van der Waals surface area contributed by atoms with Crippen molar-refractivity contribution in [2.75, 3.05) is 5.73 Å². The number of rotatable bonds is 2. The number of hydrogen-bond donors (Lipinski definition) is 2. The van der Waals surface area contributed by atoms with Crippen molar-refractivity contribution < 1.29 is 13.2 Å². The molecule has 2 aromatic rings. The van der Waals surface area contributed by atoms with Gasteiger partial charge in [0.2, 0.25) is 0 Å². The second-order valence-electron chi connectivity index (χ2n) is 4.30. The van der Waals surface area contributed by atoms with Crippen LogP contribution in [-0.2, 0) is 6.18 Å². The number of anilines is 1. The predicted octanol–water partition coefficient (Wildman–Crippen LogP) is 5.01. The highest BCUT2D eigenvalue weighted by Crippen LogP contribution is 2.32. The van der Waals surface area contributed by atoms with Gasteiger partial charge in [0.05, 0.1) is 21.3 Å². The summed E-state index contributed by atoms with van der Waals surface area (Å²) in [6.07, 6.45) is -4.47. The molecule has 2 rings (SSSR count). The molecule has 0 atom stereocenters. The molecule has 0 bridgehead atoms. The third-order valence-corrected chi connectivity index (χ3v) is 3.60. The third-order valence-electron chi connectivity index (χ3n) is 2.86. The van der Waals surface area contributed by atoms with Gasteiger partial charge in [0.15, 0.2) is 0 Å². The van der Waals surface area contributed by atoms with Gasteiger partial charge in [0, 0.05) is 16.8 Å². The van der Waals surface area contributed by atoms with Crippen LogP contribution in [0, 0.1) is 5.41 Å². The van der Waals surface area contributed by atoms with Crippen LogP contribution >= 0.6 is 23.2 Å². The lowest BCUT2D eigenvalue weighted by molar-refractivity contribution is -0.137. The van der Waals surface area contributed by atoms with E-state index >= 15 is 0 Å². The summed E-state index contributed by atoms with van der Waals surface area (Å²) in [6, 6.07) is 7.38. The number of alkyl halides is 3. The number of nitrogen functional groups attached to an aromatic ring is 1. The maximum Gasteiger partial charge on any atom is 0.416 e. The summed E-state index contributed by atoms with van der Waals surface area (Å²) in [5.74, 6) is 0. The molecule has 0 heterocycles. The van der Waals surface area contributed by atoms with Crippen molar-refractivity contribution >= 4 is 34.6 Å². The number of nitrogens with one attached hydrogen (secondary N) is 1. The first-order valence-corrected chi connectivity index (χ1v) is 6.47. The highest BCUT2D eigenvalue weighted by molar-refractivity contribution is 6.42. The van der Waals surface area contributed by atoms with Gasteiger partial charge in [-0.3, -0.25) is 5.41 Å². The Morgan fingerprint density at radius 2 is 1.67 bits per heavy atom. The summed E-state index contributed by atoms with van der Waals surface area (Å²) in [6.45, 7) is 0. The Hall–Kier alpha value is -1.72. The molecule has 21 heavy (non-hydrogen) atoms. The van der Waals surface area contributed by atoms with Crippen molar-refractivity contribution in [3.63, 3.8) is 0 Å². The SMILES string of the molecule is N=C(c1ccc(Cl)c(Cl)c1)c1ccc(C(F)(F)F)cc1N. The van der Waals surface area contributed by atoms with Crippen molar-refractivity contribution in [3.8, 4) is 0 Å². The van der Waals surface area contributed by atoms with E-state index in [1.54, 1.807) is 6.07 Å². The summed E-state index contributed by atoms with van der Waals surface area (Å²) in [7, 11) is 0. The Morgan fingerprint density at radius 3 is 2.19 bits per heavy atom. The first-order chi connectivity index (χ1) is 9.70. The molecule has 0 radical (unpaired) electrons. The first-order valence-electron chi connectivity index (χ1n) is 5.71. The maximum atomic E-state index is 12.6. The van der Waals surface area contributed by atoms with Crippen LogP contribution in [0.3, 0.4) is 0 Å². The molecule has 0 aliphatic heterocycles. The normalized spacial score (nSPS) is 11.5. The molecule has 0 fully saturated rings. The van der Waals surface area contributed by atoms with Gasteiger partial charge in [-0.05, 0) is 24.3 Å². The number of halogens is 5. The van der Waals surface area contributed by atoms with E-state index in [9.17, 15) is 13.2 Å². The van der Waals surface area contributed by atoms with Crippen molar-refractivity contribution in [2.24, 2.45) is 0 Å². The van der Waals surface area contributed by atoms with E-state index in [2.05, 4.69) is 0 Å². The zero-order chi connectivity index (χ0) is 15.8. The van der Waals surface area contributed by atoms with Crippen LogP contribution in [0.2, 0.25) is 10.0 Å². The third kappa shape index (κ3) is 3.31. The van der Waals surface area contributed by atoms with Crippen LogP contribution in [-0.4, -0.2) is 5.71 Å². The summed E-state index contributed by atoms with van der Waals surface area (Å²) < 4.78 is 37.7. The van der Waals surface area contributed by atoms with Gasteiger partial charge in [-0.15, -0.1) is 0 Å². The summed E-state index contributed by atoms with van der Waals surface area (Å²) in [5.41, 5.74) is 5.22. The van der Waals surface area contributed by atoms with Crippen LogP contribution < -0.4 is 5.73 Å². The monoisotopic (exact) mass is 332 g/mol. The molecule has 2 nitrogen and oxygen atoms in total. The van der Waals surface area contributed by atoms with E-state index in [4.69, 9.17) is 34.3 Å². The highest BCUT2D eigenvalue weighted by Gasteiger charge is 2.31. The molecule has 7 heteroatoms. The number of nitrogens with two attached hydrogens (primary N) is 1. The minimum atomic E-state index is -4.47. The molecule has 0 unspecified atom stereocenters. The first kappa shape index (κ1) is 15.7. The summed E-state index contributed by atoms with van der Waals surface area (Å²) >= 11 is 11.6. The van der Waals surface area contributed by atoms with Crippen molar-refractivity contribution in [2.45, 2.75) is 6.18 Å². The fourth-order valence-corrected chi connectivity index (χ4v) is 2.07. The van der Waals surface area contributed by atoms with Gasteiger partial charge in [-0.2, -0.15) is 13.2 Å². The fourth-order valence-electron chi connectivity index (χ4n) is 1.77. The van der Waals surface area contributed by atoms with Crippen LogP contribution in [0.15, 0.2) is 36.4 Å². The largest absolute Gasteiger partial charge is 0.416 e. The van der Waals surface area contributed by atoms with Gasteiger partial charge < -0.3 is 5.73 Å². The Morgan fingerprint density at radius 1 is 1.00 bits per heavy atom. The lowest BCUT2D eigenvalue weighted by atomic mass is 9.99. The molecule has 2 aromatic carbocycles. The molecule has 0 saturated carbocycles. The minimum Gasteiger partial charge on any atom is -0.398 e. The summed E-state index contributed by atoms with van der Waals surface area (Å²) in [4.78, 5) is 0. The topological polar surface area (TPSA) is 49.9 Å². The van der Waals surface area contributed by atoms with Crippen LogP contribution in [0.5, 0.6) is 0 Å². The smallest absolute Gasteiger partial charge is 0.398 e. The lowest BCUT2D eigenvalue weighted by Crippen LogP contribution is -2.10. The molecular formula is C14H9Cl2F3N2. The molecule has 0 aromatic heterocycles. The zero-order valence-corrected chi connectivity index (χ0v) is 11.9. The Kier molecular flexibility index (Phi) is 4.16. The van der Waals surface area contributed by atoms with Gasteiger partial charge in [-0.25, -0.2) is 0 Å². The van der Waals surface area contributed by atoms with Gasteiger partial charge >= 0.3 is 6.18 Å². The van der Waals surface area contributed by atoms with E-state index in [0.29, 0.717) is 10.6 Å². The van der Waals surface area contributed by atoms with E-state index in [1.807, 2.05) is 0 Å². The van der Waals surface area contributed by atoms with Crippen LogP contribution in [0.4, 0.5) is 18.9 Å². The van der Waals surface area contributed by atoms with E-state index in [1.165, 1.54) is 18.2 Å². The molecular weight excluding hydrogens is 324 g/mol. The van der Waals surface area contributed by atoms with E-state index in [0.717, 1.165) is 12.1 Å². The quantitative estimate of drug-likeness (QED) is 0.589. The van der Waals surface area contributed by atoms with Gasteiger partial charge in [0.1, 0.15) is 0 Å². The predicted molar refractivity (Wildman–Crippen MR) is 78.2 cm³/mol. The number of hydrogen-bond acceptors (Lipinski definition) is 2. The zero-order valence-electron chi connectivity index (χ0n) is 10.4. The Balaban J connectivity index is 2.42. The Bertz CT molecular complexity index is 712. The van der Waals surface area contributed by atoms with E-state index in [-0.39, 0.29) is 22.0 Å². The standard InChI is InChI=1S/C14H9Cl2F3N2/c15-10-4-1-7(5-11(10)16)13(21)9-3-2-8(6-12(9)20)14(17,18)19/h1-6,21H,20H2. The average molecular weight is 333 g/mol. The van der Waals surface area contributed by atoms with Crippen molar-refractivity contribution in [3.05, 3.63) is 63.1 Å². The maximum absolute atomic E-state index is 12.6. The van der Waals surface area contributed by atoms with Crippen LogP contribution in [0.25, 0.3) is 0 Å². The van der Waals surface area contributed by atoms with Gasteiger partial charge in [-0.1, -0.05) is 35.3 Å².